The van der Waals surface area contributed by atoms with Crippen LogP contribution >= 0.6 is 0 Å². The fourth-order valence-electron chi connectivity index (χ4n) is 3.59. The van der Waals surface area contributed by atoms with Gasteiger partial charge in [0.25, 0.3) is 11.8 Å². The molecular formula is C22H24N2O5. The molecule has 1 aromatic carbocycles. The molecule has 0 atom stereocenters. The first-order chi connectivity index (χ1) is 13.8. The Balaban J connectivity index is 1.54. The van der Waals surface area contributed by atoms with Crippen molar-refractivity contribution in [2.45, 2.75) is 40.2 Å². The fraction of sp³-hybridized carbons (Fsp3) is 0.364. The molecule has 0 aliphatic carbocycles. The minimum absolute atomic E-state index is 0.0790. The van der Waals surface area contributed by atoms with Gasteiger partial charge in [0.05, 0.1) is 17.5 Å². The summed E-state index contributed by atoms with van der Waals surface area (Å²) in [6.45, 7) is 6.26. The Morgan fingerprint density at radius 2 is 1.62 bits per heavy atom. The van der Waals surface area contributed by atoms with Gasteiger partial charge in [-0.3, -0.25) is 24.1 Å². The molecular weight excluding hydrogens is 372 g/mol. The highest BCUT2D eigenvalue weighted by Gasteiger charge is 2.35. The summed E-state index contributed by atoms with van der Waals surface area (Å²) in [5.41, 5.74) is 3.07. The van der Waals surface area contributed by atoms with Crippen LogP contribution in [0.5, 0.6) is 0 Å². The zero-order valence-corrected chi connectivity index (χ0v) is 16.9. The molecule has 29 heavy (non-hydrogen) atoms. The monoisotopic (exact) mass is 396 g/mol. The standard InChI is InChI=1S/C22H24N2O5/c1-4-10-23-14(2)12-18(15(23)3)19(25)13-29-20(26)9-11-24-21(27)16-7-5-6-8-17(16)22(24)28/h5-8,12H,4,9-11,13H2,1-3H3. The molecule has 7 nitrogen and oxygen atoms in total. The molecule has 0 spiro atoms. The molecule has 0 N–H and O–H groups in total. The van der Waals surface area contributed by atoms with Gasteiger partial charge in [-0.05, 0) is 38.5 Å². The van der Waals surface area contributed by atoms with Crippen LogP contribution in [0.2, 0.25) is 0 Å². The number of carbonyl (C=O) groups excluding carboxylic acids is 4. The minimum atomic E-state index is -0.628. The Hall–Kier alpha value is -3.22. The Morgan fingerprint density at radius 3 is 2.21 bits per heavy atom. The summed E-state index contributed by atoms with van der Waals surface area (Å²) < 4.78 is 7.15. The summed E-state index contributed by atoms with van der Waals surface area (Å²) in [7, 11) is 0. The van der Waals surface area contributed by atoms with Gasteiger partial charge in [-0.2, -0.15) is 0 Å². The third kappa shape index (κ3) is 3.99. The average molecular weight is 396 g/mol. The maximum Gasteiger partial charge on any atom is 0.308 e. The first-order valence-corrected chi connectivity index (χ1v) is 9.66. The first kappa shape index (κ1) is 20.5. The number of carbonyl (C=O) groups is 4. The smallest absolute Gasteiger partial charge is 0.308 e. The number of imide groups is 1. The van der Waals surface area contributed by atoms with Crippen LogP contribution in [0.15, 0.2) is 30.3 Å². The third-order valence-electron chi connectivity index (χ3n) is 5.10. The van der Waals surface area contributed by atoms with E-state index in [1.807, 2.05) is 13.8 Å². The van der Waals surface area contributed by atoms with Crippen LogP contribution in [-0.2, 0) is 16.1 Å². The molecule has 0 unspecified atom stereocenters. The third-order valence-corrected chi connectivity index (χ3v) is 5.10. The molecule has 2 amide bonds. The maximum atomic E-state index is 12.4. The predicted octanol–water partition coefficient (Wildman–Crippen LogP) is 2.93. The lowest BCUT2D eigenvalue weighted by Gasteiger charge is -2.13. The highest BCUT2D eigenvalue weighted by Crippen LogP contribution is 2.22. The predicted molar refractivity (Wildman–Crippen MR) is 106 cm³/mol. The van der Waals surface area contributed by atoms with E-state index in [-0.39, 0.29) is 25.4 Å². The van der Waals surface area contributed by atoms with Gasteiger partial charge in [-0.15, -0.1) is 0 Å². The number of aromatic nitrogens is 1. The number of aryl methyl sites for hydroxylation is 1. The van der Waals surface area contributed by atoms with Crippen LogP contribution in [0.4, 0.5) is 0 Å². The van der Waals surface area contributed by atoms with Gasteiger partial charge in [0.2, 0.25) is 5.78 Å². The highest BCUT2D eigenvalue weighted by molar-refractivity contribution is 6.21. The van der Waals surface area contributed by atoms with Crippen molar-refractivity contribution in [3.05, 3.63) is 58.4 Å². The van der Waals surface area contributed by atoms with Gasteiger partial charge in [0, 0.05) is 30.0 Å². The average Bonchev–Trinajstić information content (AvgIpc) is 3.13. The Morgan fingerprint density at radius 1 is 1.00 bits per heavy atom. The van der Waals surface area contributed by atoms with Crippen molar-refractivity contribution >= 4 is 23.6 Å². The largest absolute Gasteiger partial charge is 0.457 e. The van der Waals surface area contributed by atoms with E-state index in [0.29, 0.717) is 16.7 Å². The second-order valence-corrected chi connectivity index (χ2v) is 7.08. The van der Waals surface area contributed by atoms with Crippen LogP contribution in [-0.4, -0.2) is 46.2 Å². The van der Waals surface area contributed by atoms with E-state index in [1.165, 1.54) is 0 Å². The summed E-state index contributed by atoms with van der Waals surface area (Å²) in [6, 6.07) is 8.35. The molecule has 2 aromatic rings. The number of amides is 2. The van der Waals surface area contributed by atoms with Gasteiger partial charge >= 0.3 is 5.97 Å². The summed E-state index contributed by atoms with van der Waals surface area (Å²) in [5.74, 6) is -1.73. The van der Waals surface area contributed by atoms with E-state index in [4.69, 9.17) is 4.74 Å². The summed E-state index contributed by atoms with van der Waals surface area (Å²) >= 11 is 0. The van der Waals surface area contributed by atoms with Crippen molar-refractivity contribution in [2.24, 2.45) is 0 Å². The topological polar surface area (TPSA) is 85.7 Å². The maximum absolute atomic E-state index is 12.4. The second kappa shape index (κ2) is 8.43. The molecule has 0 bridgehead atoms. The zero-order chi connectivity index (χ0) is 21.1. The molecule has 0 saturated carbocycles. The molecule has 0 fully saturated rings. The number of hydrogen-bond donors (Lipinski definition) is 0. The van der Waals surface area contributed by atoms with Crippen molar-refractivity contribution in [1.82, 2.24) is 9.47 Å². The van der Waals surface area contributed by atoms with Gasteiger partial charge in [0.15, 0.2) is 6.61 Å². The first-order valence-electron chi connectivity index (χ1n) is 9.66. The fourth-order valence-corrected chi connectivity index (χ4v) is 3.59. The number of benzene rings is 1. The lowest BCUT2D eigenvalue weighted by atomic mass is 10.1. The summed E-state index contributed by atoms with van der Waals surface area (Å²) in [4.78, 5) is 50.1. The van der Waals surface area contributed by atoms with Crippen LogP contribution in [0.3, 0.4) is 0 Å². The number of esters is 1. The van der Waals surface area contributed by atoms with Gasteiger partial charge in [-0.1, -0.05) is 19.1 Å². The van der Waals surface area contributed by atoms with E-state index in [0.717, 1.165) is 29.3 Å². The highest BCUT2D eigenvalue weighted by atomic mass is 16.5. The number of Topliss-reactive ketones (excluding diaryl/α,β-unsaturated/α-hetero) is 1. The van der Waals surface area contributed by atoms with Crippen LogP contribution < -0.4 is 0 Å². The number of ether oxygens (including phenoxy) is 1. The lowest BCUT2D eigenvalue weighted by molar-refractivity contribution is -0.142. The van der Waals surface area contributed by atoms with E-state index in [9.17, 15) is 19.2 Å². The number of rotatable bonds is 8. The second-order valence-electron chi connectivity index (χ2n) is 7.08. The Labute approximate surface area is 169 Å². The van der Waals surface area contributed by atoms with E-state index >= 15 is 0 Å². The molecule has 152 valence electrons. The molecule has 3 rings (SSSR count). The Bertz CT molecular complexity index is 954. The molecule has 1 aliphatic heterocycles. The zero-order valence-electron chi connectivity index (χ0n) is 16.9. The van der Waals surface area contributed by atoms with E-state index < -0.39 is 17.8 Å². The number of hydrogen-bond acceptors (Lipinski definition) is 5. The molecule has 0 saturated heterocycles. The number of fused-ring (bicyclic) bond motifs is 1. The van der Waals surface area contributed by atoms with E-state index in [1.54, 1.807) is 30.3 Å². The van der Waals surface area contributed by atoms with Crippen molar-refractivity contribution < 1.29 is 23.9 Å². The quantitative estimate of drug-likeness (QED) is 0.389. The molecule has 0 radical (unpaired) electrons. The summed E-state index contributed by atoms with van der Waals surface area (Å²) in [5, 5.41) is 0. The molecule has 1 aromatic heterocycles. The van der Waals surface area contributed by atoms with Gasteiger partial charge in [0.1, 0.15) is 0 Å². The lowest BCUT2D eigenvalue weighted by Crippen LogP contribution is -2.32. The molecule has 2 heterocycles. The SMILES string of the molecule is CCCn1c(C)cc(C(=O)COC(=O)CCN2C(=O)c3ccccc3C2=O)c1C. The van der Waals surface area contributed by atoms with Crippen molar-refractivity contribution in [1.29, 1.82) is 0 Å². The van der Waals surface area contributed by atoms with Crippen molar-refractivity contribution in [3.63, 3.8) is 0 Å². The van der Waals surface area contributed by atoms with Crippen LogP contribution in [0.1, 0.15) is 62.2 Å². The summed E-state index contributed by atoms with van der Waals surface area (Å²) in [6.07, 6.45) is 0.796. The minimum Gasteiger partial charge on any atom is -0.457 e. The van der Waals surface area contributed by atoms with E-state index in [2.05, 4.69) is 11.5 Å². The van der Waals surface area contributed by atoms with Gasteiger partial charge in [-0.25, -0.2) is 0 Å². The number of nitrogens with zero attached hydrogens (tertiary/aromatic N) is 2. The van der Waals surface area contributed by atoms with Gasteiger partial charge < -0.3 is 9.30 Å². The molecule has 1 aliphatic rings. The van der Waals surface area contributed by atoms with Crippen molar-refractivity contribution in [3.8, 4) is 0 Å². The van der Waals surface area contributed by atoms with Crippen molar-refractivity contribution in [2.75, 3.05) is 13.2 Å². The van der Waals surface area contributed by atoms with Crippen LogP contribution in [0, 0.1) is 13.8 Å². The van der Waals surface area contributed by atoms with Crippen LogP contribution in [0.25, 0.3) is 0 Å². The Kier molecular flexibility index (Phi) is 5.96. The normalized spacial score (nSPS) is 13.0. The molecule has 7 heteroatoms. The number of ketones is 1.